The lowest BCUT2D eigenvalue weighted by Gasteiger charge is -2.26. The second kappa shape index (κ2) is 5.46. The van der Waals surface area contributed by atoms with Crippen molar-refractivity contribution in [1.82, 2.24) is 4.98 Å². The van der Waals surface area contributed by atoms with Gasteiger partial charge in [-0.25, -0.2) is 4.39 Å². The van der Waals surface area contributed by atoms with Gasteiger partial charge in [-0.2, -0.15) is 0 Å². The first kappa shape index (κ1) is 14.3. The molecule has 0 aliphatic rings. The van der Waals surface area contributed by atoms with Gasteiger partial charge in [-0.3, -0.25) is 4.98 Å². The number of rotatable bonds is 4. The molecule has 1 aromatic heterocycles. The predicted molar refractivity (Wildman–Crippen MR) is 74.9 cm³/mol. The number of benzene rings is 1. The van der Waals surface area contributed by atoms with Crippen LogP contribution < -0.4 is 10.5 Å². The largest absolute Gasteiger partial charge is 0.496 e. The van der Waals surface area contributed by atoms with Gasteiger partial charge in [0.2, 0.25) is 0 Å². The Labute approximate surface area is 117 Å². The highest BCUT2D eigenvalue weighted by molar-refractivity contribution is 5.47. The molecule has 3 N–H and O–H groups in total. The first-order valence-corrected chi connectivity index (χ1v) is 6.19. The molecule has 2 aromatic rings. The Balaban J connectivity index is 2.43. The summed E-state index contributed by atoms with van der Waals surface area (Å²) < 4.78 is 19.2. The second-order valence-electron chi connectivity index (χ2n) is 4.84. The minimum atomic E-state index is -1.45. The number of nitrogens with zero attached hydrogens (tertiary/aromatic N) is 1. The summed E-state index contributed by atoms with van der Waals surface area (Å²) in [6.45, 7) is 1.53. The van der Waals surface area contributed by atoms with Crippen molar-refractivity contribution in [3.05, 3.63) is 53.6 Å². The average Bonchev–Trinajstić information content (AvgIpc) is 2.40. The maximum absolute atomic E-state index is 14.0. The quantitative estimate of drug-likeness (QED) is 0.898. The molecule has 4 nitrogen and oxygen atoms in total. The highest BCUT2D eigenvalue weighted by Gasteiger charge is 2.31. The molecule has 1 aromatic carbocycles. The van der Waals surface area contributed by atoms with E-state index in [0.29, 0.717) is 17.0 Å². The molecule has 1 heterocycles. The Kier molecular flexibility index (Phi) is 3.90. The lowest BCUT2D eigenvalue weighted by Crippen LogP contribution is -2.27. The Hall–Kier alpha value is -2.14. The van der Waals surface area contributed by atoms with E-state index in [4.69, 9.17) is 10.5 Å². The van der Waals surface area contributed by atoms with Gasteiger partial charge in [-0.1, -0.05) is 6.07 Å². The summed E-state index contributed by atoms with van der Waals surface area (Å²) in [5, 5.41) is 10.7. The van der Waals surface area contributed by atoms with Crippen molar-refractivity contribution in [2.45, 2.75) is 18.9 Å². The van der Waals surface area contributed by atoms with Crippen molar-refractivity contribution in [2.75, 3.05) is 12.8 Å². The van der Waals surface area contributed by atoms with Crippen LogP contribution in [0.3, 0.4) is 0 Å². The highest BCUT2D eigenvalue weighted by Crippen LogP contribution is 2.35. The minimum Gasteiger partial charge on any atom is -0.496 e. The van der Waals surface area contributed by atoms with Crippen LogP contribution in [-0.4, -0.2) is 17.2 Å². The zero-order valence-corrected chi connectivity index (χ0v) is 11.4. The van der Waals surface area contributed by atoms with Crippen molar-refractivity contribution in [1.29, 1.82) is 0 Å². The summed E-state index contributed by atoms with van der Waals surface area (Å²) in [6.07, 6.45) is 3.28. The van der Waals surface area contributed by atoms with Gasteiger partial charge in [-0.05, 0) is 30.7 Å². The van der Waals surface area contributed by atoms with E-state index in [9.17, 15) is 9.50 Å². The smallest absolute Gasteiger partial charge is 0.133 e. The molecule has 0 bridgehead atoms. The molecule has 20 heavy (non-hydrogen) atoms. The molecule has 0 aliphatic heterocycles. The van der Waals surface area contributed by atoms with E-state index in [0.717, 1.165) is 0 Å². The van der Waals surface area contributed by atoms with E-state index in [2.05, 4.69) is 4.98 Å². The van der Waals surface area contributed by atoms with Crippen molar-refractivity contribution >= 4 is 5.69 Å². The van der Waals surface area contributed by atoms with Crippen LogP contribution in [0.25, 0.3) is 0 Å². The molecule has 0 saturated carbocycles. The zero-order valence-electron chi connectivity index (χ0n) is 11.4. The molecule has 5 heteroatoms. The second-order valence-corrected chi connectivity index (χ2v) is 4.84. The summed E-state index contributed by atoms with van der Waals surface area (Å²) in [4.78, 5) is 3.97. The standard InChI is InChI=1S/C15H17FN2O2/c1-15(19,8-10-9-18-7-6-12(10)17)14-11(16)4-3-5-13(14)20-2/h3-7,9,19H,8H2,1-2H3,(H2,17,18). The van der Waals surface area contributed by atoms with Crippen LogP contribution in [0.4, 0.5) is 10.1 Å². The molecular weight excluding hydrogens is 259 g/mol. The number of methoxy groups -OCH3 is 1. The molecule has 1 unspecified atom stereocenters. The Morgan fingerprint density at radius 3 is 2.80 bits per heavy atom. The van der Waals surface area contributed by atoms with Crippen molar-refractivity contribution in [3.63, 3.8) is 0 Å². The summed E-state index contributed by atoms with van der Waals surface area (Å²) in [7, 11) is 1.44. The molecule has 0 spiro atoms. The van der Waals surface area contributed by atoms with Gasteiger partial charge in [0.15, 0.2) is 0 Å². The lowest BCUT2D eigenvalue weighted by molar-refractivity contribution is 0.0511. The average molecular weight is 276 g/mol. The fraction of sp³-hybridized carbons (Fsp3) is 0.267. The third-order valence-electron chi connectivity index (χ3n) is 3.21. The molecule has 106 valence electrons. The fourth-order valence-electron chi connectivity index (χ4n) is 2.24. The Morgan fingerprint density at radius 1 is 1.40 bits per heavy atom. The normalized spacial score (nSPS) is 13.8. The number of ether oxygens (including phenoxy) is 1. The van der Waals surface area contributed by atoms with Crippen molar-refractivity contribution in [3.8, 4) is 5.75 Å². The molecule has 0 radical (unpaired) electrons. The monoisotopic (exact) mass is 276 g/mol. The van der Waals surface area contributed by atoms with Crippen LogP contribution in [-0.2, 0) is 12.0 Å². The van der Waals surface area contributed by atoms with E-state index in [1.165, 1.54) is 26.2 Å². The van der Waals surface area contributed by atoms with Gasteiger partial charge in [0.05, 0.1) is 18.3 Å². The number of anilines is 1. The molecule has 0 fully saturated rings. The highest BCUT2D eigenvalue weighted by atomic mass is 19.1. The van der Waals surface area contributed by atoms with E-state index in [1.54, 1.807) is 24.5 Å². The van der Waals surface area contributed by atoms with Crippen molar-refractivity contribution in [2.24, 2.45) is 0 Å². The maximum Gasteiger partial charge on any atom is 0.133 e. The van der Waals surface area contributed by atoms with E-state index in [-0.39, 0.29) is 12.0 Å². The molecule has 2 rings (SSSR count). The van der Waals surface area contributed by atoms with E-state index < -0.39 is 11.4 Å². The Bertz CT molecular complexity index is 615. The topological polar surface area (TPSA) is 68.4 Å². The van der Waals surface area contributed by atoms with Crippen molar-refractivity contribution < 1.29 is 14.2 Å². The number of pyridine rings is 1. The van der Waals surface area contributed by atoms with Crippen LogP contribution in [0, 0.1) is 5.82 Å². The molecule has 1 atom stereocenters. The molecule has 0 aliphatic carbocycles. The zero-order chi connectivity index (χ0) is 14.8. The number of hydrogen-bond donors (Lipinski definition) is 2. The summed E-state index contributed by atoms with van der Waals surface area (Å²) in [6, 6.07) is 6.08. The number of halogens is 1. The number of nitrogens with two attached hydrogens (primary N) is 1. The van der Waals surface area contributed by atoms with Gasteiger partial charge in [-0.15, -0.1) is 0 Å². The fourth-order valence-corrected chi connectivity index (χ4v) is 2.24. The first-order chi connectivity index (χ1) is 9.45. The van der Waals surface area contributed by atoms with Crippen LogP contribution >= 0.6 is 0 Å². The van der Waals surface area contributed by atoms with Gasteiger partial charge in [0.25, 0.3) is 0 Å². The molecule has 0 saturated heterocycles. The Morgan fingerprint density at radius 2 is 2.15 bits per heavy atom. The number of aliphatic hydroxyl groups is 1. The molecular formula is C15H17FN2O2. The summed E-state index contributed by atoms with van der Waals surface area (Å²) in [5.74, 6) is -0.214. The van der Waals surface area contributed by atoms with Crippen LogP contribution in [0.5, 0.6) is 5.75 Å². The van der Waals surface area contributed by atoms with Gasteiger partial charge in [0.1, 0.15) is 11.6 Å². The van der Waals surface area contributed by atoms with Crippen LogP contribution in [0.1, 0.15) is 18.1 Å². The van der Waals surface area contributed by atoms with Crippen LogP contribution in [0.15, 0.2) is 36.7 Å². The first-order valence-electron chi connectivity index (χ1n) is 6.19. The van der Waals surface area contributed by atoms with Gasteiger partial charge in [0, 0.05) is 24.5 Å². The minimum absolute atomic E-state index is 0.116. The molecule has 0 amide bonds. The SMILES string of the molecule is COc1cccc(F)c1C(C)(O)Cc1cnccc1N. The van der Waals surface area contributed by atoms with E-state index >= 15 is 0 Å². The van der Waals surface area contributed by atoms with E-state index in [1.807, 2.05) is 0 Å². The number of hydrogen-bond acceptors (Lipinski definition) is 4. The van der Waals surface area contributed by atoms with Gasteiger partial charge >= 0.3 is 0 Å². The van der Waals surface area contributed by atoms with Crippen LogP contribution in [0.2, 0.25) is 0 Å². The number of nitrogen functional groups attached to an aromatic ring is 1. The third kappa shape index (κ3) is 2.72. The maximum atomic E-state index is 14.0. The summed E-state index contributed by atoms with van der Waals surface area (Å²) in [5.41, 5.74) is 5.67. The third-order valence-corrected chi connectivity index (χ3v) is 3.21. The van der Waals surface area contributed by atoms with Gasteiger partial charge < -0.3 is 15.6 Å². The predicted octanol–water partition coefficient (Wildman–Crippen LogP) is 2.26. The summed E-state index contributed by atoms with van der Waals surface area (Å²) >= 11 is 0. The number of aromatic nitrogens is 1. The lowest BCUT2D eigenvalue weighted by atomic mass is 9.88.